The average Bonchev–Trinajstić information content (AvgIpc) is 2.75. The van der Waals surface area contributed by atoms with E-state index in [0.717, 1.165) is 0 Å². The minimum atomic E-state index is -2.65. The highest BCUT2D eigenvalue weighted by atomic mass is 16.3. The lowest BCUT2D eigenvalue weighted by molar-refractivity contribution is -0.153. The Balaban J connectivity index is 1.96. The van der Waals surface area contributed by atoms with Crippen LogP contribution in [0.3, 0.4) is 0 Å². The summed E-state index contributed by atoms with van der Waals surface area (Å²) in [6.45, 7) is 0. The smallest absolute Gasteiger partial charge is 0.255 e. The van der Waals surface area contributed by atoms with Crippen LogP contribution in [0.2, 0.25) is 0 Å². The largest absolute Gasteiger partial charge is 0.508 e. The number of nitrogens with two attached hydrogens (primary N) is 1. The molecule has 35 heavy (non-hydrogen) atoms. The van der Waals surface area contributed by atoms with Gasteiger partial charge in [0.25, 0.3) is 5.91 Å². The second kappa shape index (κ2) is 8.21. The summed E-state index contributed by atoms with van der Waals surface area (Å²) in [4.78, 5) is 46.4. The van der Waals surface area contributed by atoms with E-state index < -0.39 is 58.0 Å². The number of phenols is 1. The second-order valence-corrected chi connectivity index (χ2v) is 9.63. The molecule has 3 aliphatic rings. The van der Waals surface area contributed by atoms with Crippen LogP contribution >= 0.6 is 0 Å². The molecule has 0 bridgehead atoms. The van der Waals surface area contributed by atoms with Crippen LogP contribution in [0.25, 0.3) is 5.76 Å². The fraction of sp³-hybridized carbons (Fsp3) is 0.417. The molecule has 11 nitrogen and oxygen atoms in total. The van der Waals surface area contributed by atoms with Crippen LogP contribution in [0, 0.1) is 11.8 Å². The Hall–Kier alpha value is -3.70. The van der Waals surface area contributed by atoms with E-state index >= 15 is 0 Å². The molecule has 0 aliphatic heterocycles. The van der Waals surface area contributed by atoms with E-state index in [2.05, 4.69) is 4.99 Å². The van der Waals surface area contributed by atoms with Crippen molar-refractivity contribution in [1.82, 2.24) is 9.80 Å². The van der Waals surface area contributed by atoms with Crippen molar-refractivity contribution in [3.63, 3.8) is 0 Å². The summed E-state index contributed by atoms with van der Waals surface area (Å²) in [5.41, 5.74) is 2.63. The number of ketones is 2. The number of phenolic OH excluding ortho intramolecular Hbond substituents is 1. The third kappa shape index (κ3) is 3.41. The number of benzene rings is 1. The summed E-state index contributed by atoms with van der Waals surface area (Å²) in [7, 11) is 6.68. The van der Waals surface area contributed by atoms with E-state index in [-0.39, 0.29) is 29.7 Å². The topological polar surface area (TPSA) is 177 Å². The molecule has 3 aliphatic carbocycles. The van der Waals surface area contributed by atoms with Crippen LogP contribution in [-0.2, 0) is 20.8 Å². The van der Waals surface area contributed by atoms with Gasteiger partial charge >= 0.3 is 0 Å². The third-order valence-electron chi connectivity index (χ3n) is 7.01. The van der Waals surface area contributed by atoms with Gasteiger partial charge in [-0.1, -0.05) is 0 Å². The summed E-state index contributed by atoms with van der Waals surface area (Å²) < 4.78 is 0. The van der Waals surface area contributed by atoms with Crippen LogP contribution in [0.5, 0.6) is 5.75 Å². The zero-order chi connectivity index (χ0) is 26.0. The highest BCUT2D eigenvalue weighted by Crippen LogP contribution is 2.53. The zero-order valence-corrected chi connectivity index (χ0v) is 19.8. The fourth-order valence-electron chi connectivity index (χ4n) is 5.53. The molecule has 4 rings (SSSR count). The second-order valence-electron chi connectivity index (χ2n) is 9.63. The molecule has 0 aromatic heterocycles. The average molecular weight is 485 g/mol. The molecule has 6 N–H and O–H groups in total. The summed E-state index contributed by atoms with van der Waals surface area (Å²) in [5, 5.41) is 44.1. The molecule has 0 unspecified atom stereocenters. The lowest BCUT2D eigenvalue weighted by Crippen LogP contribution is -2.65. The van der Waals surface area contributed by atoms with Crippen molar-refractivity contribution in [1.29, 1.82) is 0 Å². The van der Waals surface area contributed by atoms with E-state index in [1.165, 1.54) is 11.0 Å². The van der Waals surface area contributed by atoms with Crippen molar-refractivity contribution < 1.29 is 34.8 Å². The van der Waals surface area contributed by atoms with Crippen LogP contribution in [-0.4, -0.2) is 93.9 Å². The number of aliphatic hydroxyl groups is 3. The fourth-order valence-corrected chi connectivity index (χ4v) is 5.53. The van der Waals surface area contributed by atoms with Gasteiger partial charge in [0, 0.05) is 25.6 Å². The molecule has 186 valence electrons. The molecule has 1 aromatic rings. The first-order valence-corrected chi connectivity index (χ1v) is 11.0. The molecule has 4 atom stereocenters. The van der Waals surface area contributed by atoms with Crippen molar-refractivity contribution >= 4 is 35.3 Å². The summed E-state index contributed by atoms with van der Waals surface area (Å²) >= 11 is 0. The Bertz CT molecular complexity index is 1250. The normalized spacial score (nSPS) is 28.3. The first-order chi connectivity index (χ1) is 16.3. The van der Waals surface area contributed by atoms with E-state index in [1.54, 1.807) is 45.5 Å². The monoisotopic (exact) mass is 484 g/mol. The van der Waals surface area contributed by atoms with Gasteiger partial charge in [0.1, 0.15) is 22.8 Å². The summed E-state index contributed by atoms with van der Waals surface area (Å²) in [6, 6.07) is 1.81. The molecule has 1 aromatic carbocycles. The number of likely N-dealkylation sites (N-methyl/N-ethyl adjacent to an activating group) is 1. The molecule has 1 fully saturated rings. The molecule has 11 heteroatoms. The number of fused-ring (bicyclic) bond motifs is 3. The minimum Gasteiger partial charge on any atom is -0.508 e. The predicted molar refractivity (Wildman–Crippen MR) is 126 cm³/mol. The standard InChI is InChI=1S/C24H28N4O7/c1-27(2)9-26-13-5-6-14(29)16-11(13)7-10-8-12-18(28(3)4)20(31)17(23(25)34)22(33)24(12,35)21(32)15(10)19(16)30/h5-6,9-10,12,18,29-30,33,35H,7-8H2,1-4H3,(H2,25,34)/t10-,12+,18-,24+/m1/s1. The number of aliphatic hydroxyl groups excluding tert-OH is 2. The Morgan fingerprint density at radius 1 is 1.17 bits per heavy atom. The molecule has 0 radical (unpaired) electrons. The van der Waals surface area contributed by atoms with Crippen LogP contribution in [0.1, 0.15) is 17.5 Å². The predicted octanol–water partition coefficient (Wildman–Crippen LogP) is 0.185. The number of nitrogens with zero attached hydrogens (tertiary/aromatic N) is 3. The van der Waals surface area contributed by atoms with Crippen molar-refractivity contribution in [2.24, 2.45) is 22.6 Å². The molecular weight excluding hydrogens is 456 g/mol. The number of aromatic hydroxyl groups is 1. The molecule has 1 saturated carbocycles. The number of amides is 1. The van der Waals surface area contributed by atoms with E-state index in [4.69, 9.17) is 5.73 Å². The number of carbonyl (C=O) groups is 3. The van der Waals surface area contributed by atoms with Gasteiger partial charge in [-0.15, -0.1) is 0 Å². The van der Waals surface area contributed by atoms with Gasteiger partial charge in [-0.3, -0.25) is 19.3 Å². The van der Waals surface area contributed by atoms with Gasteiger partial charge in [0.15, 0.2) is 11.4 Å². The molecule has 1 amide bonds. The summed E-state index contributed by atoms with van der Waals surface area (Å²) in [5.74, 6) is -6.79. The lowest BCUT2D eigenvalue weighted by Gasteiger charge is -2.50. The highest BCUT2D eigenvalue weighted by Gasteiger charge is 2.64. The van der Waals surface area contributed by atoms with E-state index in [0.29, 0.717) is 11.3 Å². The summed E-state index contributed by atoms with van der Waals surface area (Å²) in [6.07, 6.45) is 1.77. The Labute approximate surface area is 201 Å². The van der Waals surface area contributed by atoms with Crippen LogP contribution in [0.15, 0.2) is 34.0 Å². The van der Waals surface area contributed by atoms with Gasteiger partial charge in [-0.25, -0.2) is 4.99 Å². The number of hydrogen-bond donors (Lipinski definition) is 5. The first-order valence-electron chi connectivity index (χ1n) is 11.0. The van der Waals surface area contributed by atoms with Crippen molar-refractivity contribution in [2.75, 3.05) is 28.2 Å². The number of Topliss-reactive ketones (excluding diaryl/α,β-unsaturated/α-hetero) is 2. The number of carbonyl (C=O) groups excluding carboxylic acids is 3. The minimum absolute atomic E-state index is 0.00898. The van der Waals surface area contributed by atoms with Crippen LogP contribution in [0.4, 0.5) is 5.69 Å². The first kappa shape index (κ1) is 24.4. The number of primary amides is 1. The molecule has 0 heterocycles. The Kier molecular flexibility index (Phi) is 5.73. The van der Waals surface area contributed by atoms with Gasteiger partial charge in [0.05, 0.1) is 23.6 Å². The van der Waals surface area contributed by atoms with E-state index in [9.17, 15) is 34.8 Å². The number of rotatable bonds is 4. The van der Waals surface area contributed by atoms with Gasteiger partial charge in [0.2, 0.25) is 5.78 Å². The van der Waals surface area contributed by atoms with Crippen molar-refractivity contribution in [3.8, 4) is 5.75 Å². The molecular formula is C24H28N4O7. The zero-order valence-electron chi connectivity index (χ0n) is 19.8. The van der Waals surface area contributed by atoms with Crippen molar-refractivity contribution in [2.45, 2.75) is 24.5 Å². The molecule has 0 saturated heterocycles. The maximum absolute atomic E-state index is 13.7. The van der Waals surface area contributed by atoms with Gasteiger partial charge in [-0.05, 0) is 50.6 Å². The van der Waals surface area contributed by atoms with Gasteiger partial charge < -0.3 is 31.1 Å². The van der Waals surface area contributed by atoms with Crippen LogP contribution < -0.4 is 5.73 Å². The Morgan fingerprint density at radius 2 is 1.83 bits per heavy atom. The number of hydrogen-bond acceptors (Lipinski definition) is 9. The maximum Gasteiger partial charge on any atom is 0.255 e. The number of aliphatic imine (C=N–C) groups is 1. The third-order valence-corrected chi connectivity index (χ3v) is 7.01. The maximum atomic E-state index is 13.7. The Morgan fingerprint density at radius 3 is 2.40 bits per heavy atom. The lowest BCUT2D eigenvalue weighted by atomic mass is 9.57. The highest BCUT2D eigenvalue weighted by molar-refractivity contribution is 6.24. The van der Waals surface area contributed by atoms with Gasteiger partial charge in [-0.2, -0.15) is 0 Å². The quantitative estimate of drug-likeness (QED) is 0.227. The molecule has 0 spiro atoms. The van der Waals surface area contributed by atoms with Crippen molar-refractivity contribution in [3.05, 3.63) is 40.2 Å². The van der Waals surface area contributed by atoms with E-state index in [1.807, 2.05) is 0 Å². The SMILES string of the molecule is CN(C)C=Nc1ccc(O)c2c1C[C@@H]1C[C@H]3[C@@H](N(C)C)C(=O)C(C(N)=O)=C(O)[C@@]3(O)C(=O)C1=C2O.